The number of para-hydroxylation sites is 2. The molecule has 0 aliphatic carbocycles. The first-order valence-electron chi connectivity index (χ1n) is 9.18. The Hall–Kier alpha value is -2.64. The van der Waals surface area contributed by atoms with E-state index in [1.165, 1.54) is 17.3 Å². The Labute approximate surface area is 167 Å². The van der Waals surface area contributed by atoms with Crippen LogP contribution in [0.15, 0.2) is 58.5 Å². The minimum absolute atomic E-state index is 0.0237. The Morgan fingerprint density at radius 1 is 1.18 bits per heavy atom. The van der Waals surface area contributed by atoms with Gasteiger partial charge in [0.1, 0.15) is 0 Å². The van der Waals surface area contributed by atoms with E-state index in [-0.39, 0.29) is 17.2 Å². The van der Waals surface area contributed by atoms with Crippen molar-refractivity contribution in [2.24, 2.45) is 0 Å². The summed E-state index contributed by atoms with van der Waals surface area (Å²) in [5, 5.41) is 1.12. The van der Waals surface area contributed by atoms with E-state index < -0.39 is 0 Å². The third kappa shape index (κ3) is 3.55. The molecule has 0 N–H and O–H groups in total. The molecule has 0 fully saturated rings. The molecule has 2 aromatic carbocycles. The number of hydrogen-bond acceptors (Lipinski definition) is 5. The lowest BCUT2D eigenvalue weighted by atomic mass is 10.2. The summed E-state index contributed by atoms with van der Waals surface area (Å²) in [4.78, 5) is 32.2. The molecular formula is C21H21N3O3S. The lowest BCUT2D eigenvalue weighted by Crippen LogP contribution is -2.31. The molecule has 1 aliphatic rings. The summed E-state index contributed by atoms with van der Waals surface area (Å²) in [5.74, 6) is 0.252. The van der Waals surface area contributed by atoms with Crippen LogP contribution in [-0.4, -0.2) is 41.5 Å². The van der Waals surface area contributed by atoms with Gasteiger partial charge in [-0.15, -0.1) is 0 Å². The van der Waals surface area contributed by atoms with Crippen molar-refractivity contribution in [1.29, 1.82) is 0 Å². The zero-order valence-corrected chi connectivity index (χ0v) is 16.4. The Bertz CT molecular complexity index is 1080. The van der Waals surface area contributed by atoms with E-state index >= 15 is 0 Å². The minimum Gasteiger partial charge on any atom is -0.383 e. The van der Waals surface area contributed by atoms with E-state index in [0.29, 0.717) is 35.8 Å². The minimum atomic E-state index is -0.107. The third-order valence-corrected chi connectivity index (χ3v) is 5.82. The van der Waals surface area contributed by atoms with Gasteiger partial charge in [0, 0.05) is 19.3 Å². The second kappa shape index (κ2) is 8.16. The number of nitrogens with zero attached hydrogens (tertiary/aromatic N) is 3. The molecule has 144 valence electrons. The highest BCUT2D eigenvalue weighted by Crippen LogP contribution is 2.28. The summed E-state index contributed by atoms with van der Waals surface area (Å²) >= 11 is 1.30. The summed E-state index contributed by atoms with van der Waals surface area (Å²) in [6.07, 6.45) is 0.874. The van der Waals surface area contributed by atoms with Gasteiger partial charge in [0.2, 0.25) is 5.91 Å². The average molecular weight is 395 g/mol. The summed E-state index contributed by atoms with van der Waals surface area (Å²) in [5.41, 5.74) is 2.71. The fraction of sp³-hybridized carbons (Fsp3) is 0.286. The number of carbonyl (C=O) groups excluding carboxylic acids is 1. The van der Waals surface area contributed by atoms with E-state index in [1.807, 2.05) is 41.3 Å². The Morgan fingerprint density at radius 2 is 1.96 bits per heavy atom. The van der Waals surface area contributed by atoms with Gasteiger partial charge in [0.25, 0.3) is 5.56 Å². The van der Waals surface area contributed by atoms with Crippen molar-refractivity contribution >= 4 is 34.3 Å². The number of rotatable bonds is 6. The first-order chi connectivity index (χ1) is 13.7. The van der Waals surface area contributed by atoms with E-state index in [2.05, 4.69) is 11.1 Å². The molecule has 0 radical (unpaired) electrons. The summed E-state index contributed by atoms with van der Waals surface area (Å²) in [6.45, 7) is 1.50. The van der Waals surface area contributed by atoms with Gasteiger partial charge in [-0.1, -0.05) is 42.1 Å². The maximum Gasteiger partial charge on any atom is 0.262 e. The SMILES string of the molecule is COCCn1c(SCC(=O)N2CCc3ccccc32)nc2ccccc2c1=O. The molecule has 0 saturated carbocycles. The standard InChI is InChI=1S/C21H21N3O3S/c1-27-13-12-24-20(26)16-7-3-4-8-17(16)22-21(24)28-14-19(25)23-11-10-15-6-2-5-9-18(15)23/h2-9H,10-14H2,1H3. The predicted molar refractivity (Wildman–Crippen MR) is 111 cm³/mol. The van der Waals surface area contributed by atoms with Crippen LogP contribution in [0.3, 0.4) is 0 Å². The van der Waals surface area contributed by atoms with Gasteiger partial charge in [0.15, 0.2) is 5.16 Å². The van der Waals surface area contributed by atoms with E-state index in [9.17, 15) is 9.59 Å². The van der Waals surface area contributed by atoms with Gasteiger partial charge in [-0.3, -0.25) is 14.2 Å². The highest BCUT2D eigenvalue weighted by atomic mass is 32.2. The lowest BCUT2D eigenvalue weighted by Gasteiger charge is -2.18. The molecule has 3 aromatic rings. The van der Waals surface area contributed by atoms with Crippen molar-refractivity contribution in [3.63, 3.8) is 0 Å². The number of carbonyl (C=O) groups is 1. The van der Waals surface area contributed by atoms with Crippen molar-refractivity contribution in [1.82, 2.24) is 9.55 Å². The Kier molecular flexibility index (Phi) is 5.45. The molecule has 0 spiro atoms. The lowest BCUT2D eigenvalue weighted by molar-refractivity contribution is -0.116. The van der Waals surface area contributed by atoms with Gasteiger partial charge in [-0.2, -0.15) is 0 Å². The van der Waals surface area contributed by atoms with Crippen molar-refractivity contribution in [3.8, 4) is 0 Å². The number of benzene rings is 2. The maximum absolute atomic E-state index is 12.9. The van der Waals surface area contributed by atoms with E-state index in [4.69, 9.17) is 4.74 Å². The molecule has 1 amide bonds. The molecular weight excluding hydrogens is 374 g/mol. The van der Waals surface area contributed by atoms with Crippen molar-refractivity contribution in [2.45, 2.75) is 18.1 Å². The largest absolute Gasteiger partial charge is 0.383 e. The molecule has 1 aliphatic heterocycles. The Balaban J connectivity index is 1.59. The van der Waals surface area contributed by atoms with Gasteiger partial charge in [-0.05, 0) is 30.2 Å². The second-order valence-corrected chi connectivity index (χ2v) is 7.52. The Morgan fingerprint density at radius 3 is 2.82 bits per heavy atom. The normalized spacial score (nSPS) is 13.1. The number of methoxy groups -OCH3 is 1. The fourth-order valence-electron chi connectivity index (χ4n) is 3.44. The van der Waals surface area contributed by atoms with Crippen LogP contribution in [0.25, 0.3) is 10.9 Å². The van der Waals surface area contributed by atoms with Crippen LogP contribution < -0.4 is 10.5 Å². The highest BCUT2D eigenvalue weighted by molar-refractivity contribution is 7.99. The van der Waals surface area contributed by atoms with Crippen molar-refractivity contribution in [3.05, 3.63) is 64.4 Å². The van der Waals surface area contributed by atoms with Gasteiger partial charge in [0.05, 0.1) is 29.8 Å². The van der Waals surface area contributed by atoms with E-state index in [0.717, 1.165) is 12.1 Å². The number of anilines is 1. The van der Waals surface area contributed by atoms with Gasteiger partial charge < -0.3 is 9.64 Å². The molecule has 6 nitrogen and oxygen atoms in total. The molecule has 0 unspecified atom stereocenters. The number of amides is 1. The monoisotopic (exact) mass is 395 g/mol. The molecule has 7 heteroatoms. The number of aromatic nitrogens is 2. The van der Waals surface area contributed by atoms with Crippen LogP contribution >= 0.6 is 11.8 Å². The fourth-order valence-corrected chi connectivity index (χ4v) is 4.34. The number of hydrogen-bond donors (Lipinski definition) is 0. The summed E-state index contributed by atoms with van der Waals surface area (Å²) in [6, 6.07) is 15.3. The molecule has 4 rings (SSSR count). The molecule has 0 saturated heterocycles. The third-order valence-electron chi connectivity index (χ3n) is 4.86. The summed E-state index contributed by atoms with van der Waals surface area (Å²) < 4.78 is 6.74. The van der Waals surface area contributed by atoms with Gasteiger partial charge in [-0.25, -0.2) is 4.98 Å². The molecule has 28 heavy (non-hydrogen) atoms. The molecule has 1 aromatic heterocycles. The van der Waals surface area contributed by atoms with Crippen molar-refractivity contribution in [2.75, 3.05) is 30.9 Å². The second-order valence-electron chi connectivity index (χ2n) is 6.57. The zero-order chi connectivity index (χ0) is 19.5. The predicted octanol–water partition coefficient (Wildman–Crippen LogP) is 2.72. The van der Waals surface area contributed by atoms with Crippen LogP contribution in [0, 0.1) is 0 Å². The number of ether oxygens (including phenoxy) is 1. The van der Waals surface area contributed by atoms with E-state index in [1.54, 1.807) is 17.7 Å². The van der Waals surface area contributed by atoms with Crippen LogP contribution in [0.1, 0.15) is 5.56 Å². The maximum atomic E-state index is 12.9. The topological polar surface area (TPSA) is 64.4 Å². The van der Waals surface area contributed by atoms with Crippen LogP contribution in [-0.2, 0) is 22.5 Å². The van der Waals surface area contributed by atoms with Crippen molar-refractivity contribution < 1.29 is 9.53 Å². The smallest absolute Gasteiger partial charge is 0.262 e. The van der Waals surface area contributed by atoms with Crippen LogP contribution in [0.4, 0.5) is 5.69 Å². The van der Waals surface area contributed by atoms with Crippen LogP contribution in [0.2, 0.25) is 0 Å². The molecule has 0 bridgehead atoms. The zero-order valence-electron chi connectivity index (χ0n) is 15.6. The molecule has 0 atom stereocenters. The number of thioether (sulfide) groups is 1. The first kappa shape index (κ1) is 18.7. The molecule has 2 heterocycles. The highest BCUT2D eigenvalue weighted by Gasteiger charge is 2.24. The number of fused-ring (bicyclic) bond motifs is 2. The van der Waals surface area contributed by atoms with Crippen LogP contribution in [0.5, 0.6) is 0 Å². The average Bonchev–Trinajstić information content (AvgIpc) is 3.16. The first-order valence-corrected chi connectivity index (χ1v) is 10.2. The summed E-state index contributed by atoms with van der Waals surface area (Å²) in [7, 11) is 1.60. The van der Waals surface area contributed by atoms with Gasteiger partial charge >= 0.3 is 0 Å². The quantitative estimate of drug-likeness (QED) is 0.474.